The van der Waals surface area contributed by atoms with E-state index < -0.39 is 0 Å². The number of thiophene rings is 1. The van der Waals surface area contributed by atoms with Gasteiger partial charge in [-0.05, 0) is 48.3 Å². The Morgan fingerprint density at radius 1 is 1.35 bits per heavy atom. The lowest BCUT2D eigenvalue weighted by molar-refractivity contribution is 0.0995. The number of Topliss-reactive ketones (excluding diaryl/α,β-unsaturated/α-hetero) is 1. The molecule has 2 aromatic rings. The normalized spacial score (nSPS) is 10.7. The van der Waals surface area contributed by atoms with Gasteiger partial charge in [-0.3, -0.25) is 9.78 Å². The monoisotopic (exact) mass is 353 g/mol. The van der Waals surface area contributed by atoms with E-state index in [1.165, 1.54) is 11.3 Å². The van der Waals surface area contributed by atoms with Gasteiger partial charge in [-0.15, -0.1) is 11.3 Å². The number of aromatic nitrogens is 1. The first kappa shape index (κ1) is 15.2. The van der Waals surface area contributed by atoms with E-state index >= 15 is 0 Å². The van der Waals surface area contributed by atoms with Gasteiger partial charge in [-0.2, -0.15) is 0 Å². The van der Waals surface area contributed by atoms with Crippen LogP contribution in [-0.2, 0) is 6.42 Å². The highest BCUT2D eigenvalue weighted by molar-refractivity contribution is 9.11. The Morgan fingerprint density at radius 2 is 2.05 bits per heavy atom. The topological polar surface area (TPSA) is 39.2 Å². The van der Waals surface area contributed by atoms with Crippen LogP contribution in [0.4, 0.5) is 0 Å². The lowest BCUT2D eigenvalue weighted by atomic mass is 10.1. The number of ether oxygens (including phenoxy) is 1. The van der Waals surface area contributed by atoms with E-state index in [-0.39, 0.29) is 5.78 Å². The first-order chi connectivity index (χ1) is 9.43. The molecule has 20 heavy (non-hydrogen) atoms. The van der Waals surface area contributed by atoms with Crippen molar-refractivity contribution in [3.8, 4) is 5.75 Å². The van der Waals surface area contributed by atoms with E-state index in [0.29, 0.717) is 6.42 Å². The lowest BCUT2D eigenvalue weighted by Crippen LogP contribution is -2.07. The van der Waals surface area contributed by atoms with Crippen molar-refractivity contribution >= 4 is 33.0 Å². The predicted octanol–water partition coefficient (Wildman–Crippen LogP) is 4.26. The first-order valence-electron chi connectivity index (χ1n) is 6.22. The highest BCUT2D eigenvalue weighted by Crippen LogP contribution is 2.29. The number of hydrogen-bond donors (Lipinski definition) is 0. The molecule has 0 spiro atoms. The third-order valence-corrected chi connectivity index (χ3v) is 5.39. The maximum atomic E-state index is 12.3. The Labute approximate surface area is 131 Å². The molecule has 0 N–H and O–H groups in total. The van der Waals surface area contributed by atoms with E-state index in [9.17, 15) is 4.79 Å². The van der Waals surface area contributed by atoms with Gasteiger partial charge < -0.3 is 4.74 Å². The predicted molar refractivity (Wildman–Crippen MR) is 85.1 cm³/mol. The minimum absolute atomic E-state index is 0.0882. The number of carbonyl (C=O) groups is 1. The van der Waals surface area contributed by atoms with E-state index in [1.54, 1.807) is 13.3 Å². The van der Waals surface area contributed by atoms with Crippen LogP contribution in [0.5, 0.6) is 5.75 Å². The van der Waals surface area contributed by atoms with E-state index in [4.69, 9.17) is 4.74 Å². The third kappa shape index (κ3) is 2.94. The van der Waals surface area contributed by atoms with Gasteiger partial charge in [0.05, 0.1) is 27.9 Å². The van der Waals surface area contributed by atoms with Crippen molar-refractivity contribution in [3.63, 3.8) is 0 Å². The van der Waals surface area contributed by atoms with Crippen LogP contribution < -0.4 is 4.74 Å². The van der Waals surface area contributed by atoms with Crippen LogP contribution in [0.25, 0.3) is 0 Å². The Hall–Kier alpha value is -1.20. The number of hydrogen-bond acceptors (Lipinski definition) is 4. The fourth-order valence-electron chi connectivity index (χ4n) is 2.09. The largest absolute Gasteiger partial charge is 0.496 e. The SMILES string of the molecule is COc1c(C)cnc(CC(=O)c2cc(C)c(Br)s2)c1C. The van der Waals surface area contributed by atoms with Crippen LogP contribution in [0, 0.1) is 20.8 Å². The molecule has 3 nitrogen and oxygen atoms in total. The molecular formula is C15H16BrNO2S. The molecule has 2 rings (SSSR count). The summed E-state index contributed by atoms with van der Waals surface area (Å²) in [6.07, 6.45) is 2.05. The molecular weight excluding hydrogens is 338 g/mol. The second kappa shape index (κ2) is 6.06. The van der Waals surface area contributed by atoms with Gasteiger partial charge >= 0.3 is 0 Å². The van der Waals surface area contributed by atoms with Crippen molar-refractivity contribution in [3.05, 3.63) is 43.3 Å². The van der Waals surface area contributed by atoms with Gasteiger partial charge in [0.1, 0.15) is 5.75 Å². The summed E-state index contributed by atoms with van der Waals surface area (Å²) >= 11 is 4.92. The van der Waals surface area contributed by atoms with Crippen LogP contribution in [0.1, 0.15) is 32.1 Å². The standard InChI is InChI=1S/C15H16BrNO2S/c1-8-5-13(20-15(8)16)12(18)6-11-10(3)14(19-4)9(2)7-17-11/h5,7H,6H2,1-4H3. The Morgan fingerprint density at radius 3 is 2.60 bits per heavy atom. The number of rotatable bonds is 4. The van der Waals surface area contributed by atoms with Crippen LogP contribution in [-0.4, -0.2) is 17.9 Å². The highest BCUT2D eigenvalue weighted by Gasteiger charge is 2.16. The number of methoxy groups -OCH3 is 1. The summed E-state index contributed by atoms with van der Waals surface area (Å²) in [5.41, 5.74) is 3.79. The number of pyridine rings is 1. The maximum Gasteiger partial charge on any atom is 0.178 e. The maximum absolute atomic E-state index is 12.3. The zero-order chi connectivity index (χ0) is 14.9. The van der Waals surface area contributed by atoms with Crippen LogP contribution in [0.15, 0.2) is 16.0 Å². The molecule has 0 saturated carbocycles. The van der Waals surface area contributed by atoms with Gasteiger partial charge in [0, 0.05) is 17.3 Å². The molecule has 0 radical (unpaired) electrons. The number of halogens is 1. The van der Waals surface area contributed by atoms with Crippen molar-refractivity contribution in [1.82, 2.24) is 4.98 Å². The van der Waals surface area contributed by atoms with Gasteiger partial charge in [0.2, 0.25) is 0 Å². The molecule has 2 heterocycles. The zero-order valence-electron chi connectivity index (χ0n) is 11.9. The van der Waals surface area contributed by atoms with Crippen LogP contribution in [0.2, 0.25) is 0 Å². The number of carbonyl (C=O) groups excluding carboxylic acids is 1. The molecule has 2 aromatic heterocycles. The zero-order valence-corrected chi connectivity index (χ0v) is 14.3. The van der Waals surface area contributed by atoms with Crippen molar-refractivity contribution in [2.75, 3.05) is 7.11 Å². The summed E-state index contributed by atoms with van der Waals surface area (Å²) < 4.78 is 6.38. The molecule has 0 atom stereocenters. The third-order valence-electron chi connectivity index (χ3n) is 3.21. The summed E-state index contributed by atoms with van der Waals surface area (Å²) in [6.45, 7) is 5.87. The number of ketones is 1. The Bertz CT molecular complexity index is 645. The molecule has 0 saturated heterocycles. The van der Waals surface area contributed by atoms with Crippen molar-refractivity contribution < 1.29 is 9.53 Å². The summed E-state index contributed by atoms with van der Waals surface area (Å²) in [5.74, 6) is 0.900. The van der Waals surface area contributed by atoms with Gasteiger partial charge in [0.15, 0.2) is 5.78 Å². The summed E-state index contributed by atoms with van der Waals surface area (Å²) in [6, 6.07) is 1.91. The first-order valence-corrected chi connectivity index (χ1v) is 7.83. The van der Waals surface area contributed by atoms with E-state index in [1.807, 2.05) is 26.8 Å². The quantitative estimate of drug-likeness (QED) is 0.770. The lowest BCUT2D eigenvalue weighted by Gasteiger charge is -2.11. The summed E-state index contributed by atoms with van der Waals surface area (Å²) in [4.78, 5) is 17.5. The van der Waals surface area contributed by atoms with E-state index in [0.717, 1.165) is 36.8 Å². The Kier molecular flexibility index (Phi) is 4.60. The van der Waals surface area contributed by atoms with Gasteiger partial charge in [-0.1, -0.05) is 0 Å². The number of aryl methyl sites for hydroxylation is 2. The molecule has 0 aliphatic rings. The van der Waals surface area contributed by atoms with E-state index in [2.05, 4.69) is 20.9 Å². The van der Waals surface area contributed by atoms with Gasteiger partial charge in [-0.25, -0.2) is 0 Å². The Balaban J connectivity index is 2.28. The molecule has 0 aromatic carbocycles. The van der Waals surface area contributed by atoms with Crippen LogP contribution >= 0.6 is 27.3 Å². The summed E-state index contributed by atoms with van der Waals surface area (Å²) in [5, 5.41) is 0. The van der Waals surface area contributed by atoms with Gasteiger partial charge in [0.25, 0.3) is 0 Å². The molecule has 0 fully saturated rings. The van der Waals surface area contributed by atoms with Crippen molar-refractivity contribution in [1.29, 1.82) is 0 Å². The van der Waals surface area contributed by atoms with Crippen molar-refractivity contribution in [2.45, 2.75) is 27.2 Å². The molecule has 0 aliphatic heterocycles. The van der Waals surface area contributed by atoms with Crippen molar-refractivity contribution in [2.24, 2.45) is 0 Å². The fraction of sp³-hybridized carbons (Fsp3) is 0.333. The molecule has 106 valence electrons. The molecule has 0 unspecified atom stereocenters. The molecule has 0 aliphatic carbocycles. The number of nitrogens with zero attached hydrogens (tertiary/aromatic N) is 1. The second-order valence-corrected chi connectivity index (χ2v) is 7.08. The average molecular weight is 354 g/mol. The molecule has 0 bridgehead atoms. The average Bonchev–Trinajstić information content (AvgIpc) is 2.74. The smallest absolute Gasteiger partial charge is 0.178 e. The fourth-order valence-corrected chi connectivity index (χ4v) is 3.56. The minimum Gasteiger partial charge on any atom is -0.496 e. The minimum atomic E-state index is 0.0882. The molecule has 0 amide bonds. The highest BCUT2D eigenvalue weighted by atomic mass is 79.9. The summed E-state index contributed by atoms with van der Waals surface area (Å²) in [7, 11) is 1.64. The molecule has 5 heteroatoms. The van der Waals surface area contributed by atoms with Crippen LogP contribution in [0.3, 0.4) is 0 Å². The second-order valence-electron chi connectivity index (χ2n) is 4.71.